The second-order valence-electron chi connectivity index (χ2n) is 6.51. The van der Waals surface area contributed by atoms with Gasteiger partial charge in [0.1, 0.15) is 18.1 Å². The summed E-state index contributed by atoms with van der Waals surface area (Å²) in [5.41, 5.74) is 0.444. The van der Waals surface area contributed by atoms with Crippen molar-refractivity contribution >= 4 is 33.2 Å². The van der Waals surface area contributed by atoms with Crippen molar-refractivity contribution in [2.75, 3.05) is 18.0 Å². The monoisotopic (exact) mass is 462 g/mol. The summed E-state index contributed by atoms with van der Waals surface area (Å²) in [6.07, 6.45) is 0. The van der Waals surface area contributed by atoms with Crippen LogP contribution >= 0.6 is 11.6 Å². The highest BCUT2D eigenvalue weighted by molar-refractivity contribution is 7.92. The number of methoxy groups -OCH3 is 1. The van der Waals surface area contributed by atoms with Crippen LogP contribution < -0.4 is 14.4 Å². The number of rotatable bonds is 8. The minimum Gasteiger partial charge on any atom is -0.497 e. The van der Waals surface area contributed by atoms with Gasteiger partial charge in [-0.2, -0.15) is 0 Å². The molecule has 3 rings (SSSR count). The number of hydrogen-bond acceptors (Lipinski definition) is 4. The van der Waals surface area contributed by atoms with E-state index in [0.717, 1.165) is 10.4 Å². The van der Waals surface area contributed by atoms with Gasteiger partial charge in [0.2, 0.25) is 5.91 Å². The molecule has 0 aliphatic carbocycles. The Morgan fingerprint density at radius 3 is 2.32 bits per heavy atom. The Hall–Kier alpha value is -3.10. The third kappa shape index (κ3) is 5.34. The summed E-state index contributed by atoms with van der Waals surface area (Å²) in [4.78, 5) is 12.5. The fourth-order valence-corrected chi connectivity index (χ4v) is 4.48. The molecule has 0 radical (unpaired) electrons. The zero-order chi connectivity index (χ0) is 22.4. The molecular weight excluding hydrogens is 443 g/mol. The highest BCUT2D eigenvalue weighted by atomic mass is 35.5. The molecule has 6 nitrogen and oxygen atoms in total. The Labute approximate surface area is 185 Å². The summed E-state index contributed by atoms with van der Waals surface area (Å²) in [7, 11) is -2.78. The van der Waals surface area contributed by atoms with Crippen LogP contribution in [-0.4, -0.2) is 28.0 Å². The summed E-state index contributed by atoms with van der Waals surface area (Å²) in [5.74, 6) is -0.910. The van der Waals surface area contributed by atoms with Gasteiger partial charge in [-0.1, -0.05) is 41.9 Å². The second-order valence-corrected chi connectivity index (χ2v) is 8.78. The van der Waals surface area contributed by atoms with Crippen LogP contribution in [0.2, 0.25) is 5.02 Å². The molecule has 0 fully saturated rings. The quantitative estimate of drug-likeness (QED) is 0.549. The van der Waals surface area contributed by atoms with Crippen molar-refractivity contribution in [1.29, 1.82) is 0 Å². The number of anilines is 1. The van der Waals surface area contributed by atoms with Crippen LogP contribution in [0.1, 0.15) is 5.56 Å². The predicted octanol–water partition coefficient (Wildman–Crippen LogP) is 4.00. The van der Waals surface area contributed by atoms with Gasteiger partial charge in [-0.25, -0.2) is 12.8 Å². The lowest BCUT2D eigenvalue weighted by Crippen LogP contribution is -2.41. The third-order valence-corrected chi connectivity index (χ3v) is 6.63. The predicted molar refractivity (Wildman–Crippen MR) is 117 cm³/mol. The molecule has 0 bridgehead atoms. The van der Waals surface area contributed by atoms with Gasteiger partial charge in [-0.05, 0) is 48.0 Å². The van der Waals surface area contributed by atoms with Gasteiger partial charge in [0.15, 0.2) is 0 Å². The highest BCUT2D eigenvalue weighted by Crippen LogP contribution is 2.27. The molecule has 0 aliphatic rings. The van der Waals surface area contributed by atoms with Crippen LogP contribution in [-0.2, 0) is 21.4 Å². The Balaban J connectivity index is 1.88. The normalized spacial score (nSPS) is 11.1. The van der Waals surface area contributed by atoms with Crippen LogP contribution in [0.4, 0.5) is 10.1 Å². The standard InChI is InChI=1S/C22H20ClFN2O4S/c1-30-17-10-12-18(13-11-17)31(28,29)26(21-9-5-4-8-20(21)24)15-22(27)25-14-16-6-2-3-7-19(16)23/h2-13H,14-15H2,1H3,(H,25,27). The molecule has 162 valence electrons. The number of benzene rings is 3. The number of para-hydroxylation sites is 1. The van der Waals surface area contributed by atoms with Crippen LogP contribution in [0, 0.1) is 5.82 Å². The first-order valence-corrected chi connectivity index (χ1v) is 11.1. The summed E-state index contributed by atoms with van der Waals surface area (Å²) in [6.45, 7) is -0.508. The number of nitrogens with one attached hydrogen (secondary N) is 1. The van der Waals surface area contributed by atoms with Crippen molar-refractivity contribution in [3.05, 3.63) is 89.2 Å². The summed E-state index contributed by atoms with van der Waals surface area (Å²) in [6, 6.07) is 18.0. The molecular formula is C22H20ClFN2O4S. The molecule has 1 amide bonds. The Morgan fingerprint density at radius 2 is 1.68 bits per heavy atom. The number of nitrogens with zero attached hydrogens (tertiary/aromatic N) is 1. The van der Waals surface area contributed by atoms with Gasteiger partial charge in [-0.3, -0.25) is 9.10 Å². The summed E-state index contributed by atoms with van der Waals surface area (Å²) >= 11 is 6.09. The van der Waals surface area contributed by atoms with E-state index in [9.17, 15) is 17.6 Å². The second kappa shape index (κ2) is 9.80. The first kappa shape index (κ1) is 22.6. The molecule has 9 heteroatoms. The van der Waals surface area contributed by atoms with Gasteiger partial charge >= 0.3 is 0 Å². The molecule has 31 heavy (non-hydrogen) atoms. The van der Waals surface area contributed by atoms with Crippen LogP contribution in [0.3, 0.4) is 0 Å². The third-order valence-electron chi connectivity index (χ3n) is 4.49. The molecule has 0 saturated heterocycles. The smallest absolute Gasteiger partial charge is 0.264 e. The highest BCUT2D eigenvalue weighted by Gasteiger charge is 2.29. The number of ether oxygens (including phenoxy) is 1. The van der Waals surface area contributed by atoms with Crippen molar-refractivity contribution < 1.29 is 22.3 Å². The van der Waals surface area contributed by atoms with E-state index in [1.54, 1.807) is 24.3 Å². The fourth-order valence-electron chi connectivity index (χ4n) is 2.85. The summed E-state index contributed by atoms with van der Waals surface area (Å²) in [5, 5.41) is 3.10. The topological polar surface area (TPSA) is 75.7 Å². The van der Waals surface area contributed by atoms with E-state index in [2.05, 4.69) is 5.32 Å². The lowest BCUT2D eigenvalue weighted by Gasteiger charge is -2.24. The molecule has 0 heterocycles. The number of amides is 1. The number of sulfonamides is 1. The Kier molecular flexibility index (Phi) is 7.14. The largest absolute Gasteiger partial charge is 0.497 e. The van der Waals surface area contributed by atoms with Crippen molar-refractivity contribution in [3.8, 4) is 5.75 Å². The SMILES string of the molecule is COc1ccc(S(=O)(=O)N(CC(=O)NCc2ccccc2Cl)c2ccccc2F)cc1. The van der Waals surface area contributed by atoms with Crippen molar-refractivity contribution in [1.82, 2.24) is 5.32 Å². The molecule has 1 N–H and O–H groups in total. The van der Waals surface area contributed by atoms with E-state index in [4.69, 9.17) is 16.3 Å². The average Bonchev–Trinajstić information content (AvgIpc) is 2.77. The molecule has 0 saturated carbocycles. The van der Waals surface area contributed by atoms with Crippen LogP contribution in [0.5, 0.6) is 5.75 Å². The molecule has 0 aromatic heterocycles. The Morgan fingerprint density at radius 1 is 1.03 bits per heavy atom. The number of carbonyl (C=O) groups is 1. The maximum absolute atomic E-state index is 14.5. The average molecular weight is 463 g/mol. The van der Waals surface area contributed by atoms with Gasteiger partial charge in [0.25, 0.3) is 10.0 Å². The van der Waals surface area contributed by atoms with Gasteiger partial charge in [0.05, 0.1) is 17.7 Å². The lowest BCUT2D eigenvalue weighted by atomic mass is 10.2. The first-order chi connectivity index (χ1) is 14.8. The molecule has 0 unspecified atom stereocenters. The van der Waals surface area contributed by atoms with Crippen molar-refractivity contribution in [3.63, 3.8) is 0 Å². The minimum atomic E-state index is -4.24. The zero-order valence-electron chi connectivity index (χ0n) is 16.6. The van der Waals surface area contributed by atoms with Crippen LogP contribution in [0.25, 0.3) is 0 Å². The van der Waals surface area contributed by atoms with E-state index < -0.39 is 28.3 Å². The van der Waals surface area contributed by atoms with Crippen LogP contribution in [0.15, 0.2) is 77.7 Å². The van der Waals surface area contributed by atoms with E-state index >= 15 is 0 Å². The molecule has 0 atom stereocenters. The Bertz CT molecular complexity index is 1170. The van der Waals surface area contributed by atoms with Gasteiger partial charge in [0, 0.05) is 11.6 Å². The van der Waals surface area contributed by atoms with E-state index in [0.29, 0.717) is 16.3 Å². The maximum atomic E-state index is 14.5. The van der Waals surface area contributed by atoms with E-state index in [-0.39, 0.29) is 17.1 Å². The van der Waals surface area contributed by atoms with Crippen molar-refractivity contribution in [2.24, 2.45) is 0 Å². The van der Waals surface area contributed by atoms with E-state index in [1.165, 1.54) is 49.6 Å². The van der Waals surface area contributed by atoms with Gasteiger partial charge in [-0.15, -0.1) is 0 Å². The minimum absolute atomic E-state index is 0.101. The molecule has 0 spiro atoms. The molecule has 3 aromatic carbocycles. The maximum Gasteiger partial charge on any atom is 0.264 e. The molecule has 0 aliphatic heterocycles. The zero-order valence-corrected chi connectivity index (χ0v) is 18.2. The first-order valence-electron chi connectivity index (χ1n) is 9.24. The number of halogens is 2. The number of carbonyl (C=O) groups excluding carboxylic acids is 1. The van der Waals surface area contributed by atoms with Crippen molar-refractivity contribution in [2.45, 2.75) is 11.4 Å². The number of hydrogen-bond donors (Lipinski definition) is 1. The lowest BCUT2D eigenvalue weighted by molar-refractivity contribution is -0.119. The summed E-state index contributed by atoms with van der Waals surface area (Å²) < 4.78 is 46.8. The van der Waals surface area contributed by atoms with Gasteiger partial charge < -0.3 is 10.1 Å². The fraction of sp³-hybridized carbons (Fsp3) is 0.136. The van der Waals surface area contributed by atoms with E-state index in [1.807, 2.05) is 0 Å². The molecule has 3 aromatic rings.